The first-order valence-corrected chi connectivity index (χ1v) is 4.65. The number of hydrogen-bond acceptors (Lipinski definition) is 2. The van der Waals surface area contributed by atoms with Crippen molar-refractivity contribution in [2.75, 3.05) is 26.4 Å². The molecule has 1 aliphatic rings. The third-order valence-corrected chi connectivity index (χ3v) is 2.28. The zero-order chi connectivity index (χ0) is 8.97. The molecule has 12 heavy (non-hydrogen) atoms. The molecule has 0 unspecified atom stereocenters. The Morgan fingerprint density at radius 1 is 1.58 bits per heavy atom. The highest BCUT2D eigenvalue weighted by Crippen LogP contribution is 2.09. The number of rotatable bonds is 2. The van der Waals surface area contributed by atoms with Crippen LogP contribution in [0.4, 0.5) is 4.39 Å². The minimum atomic E-state index is -0.358. The summed E-state index contributed by atoms with van der Waals surface area (Å²) in [4.78, 5) is 2.28. The van der Waals surface area contributed by atoms with E-state index in [1.165, 1.54) is 0 Å². The normalized spacial score (nSPS) is 27.5. The highest BCUT2D eigenvalue weighted by molar-refractivity contribution is 4.71. The summed E-state index contributed by atoms with van der Waals surface area (Å²) in [6.07, 6.45) is 0.823. The van der Waals surface area contributed by atoms with Gasteiger partial charge in [-0.2, -0.15) is 0 Å². The third-order valence-electron chi connectivity index (χ3n) is 2.28. The molecule has 0 radical (unpaired) electrons. The Bertz CT molecular complexity index is 130. The lowest BCUT2D eigenvalue weighted by atomic mass is 10.2. The molecule has 0 aromatic rings. The molecule has 0 spiro atoms. The van der Waals surface area contributed by atoms with Crippen molar-refractivity contribution in [3.05, 3.63) is 0 Å². The predicted octanol–water partition coefficient (Wildman–Crippen LogP) is 1.46. The summed E-state index contributed by atoms with van der Waals surface area (Å²) in [5.74, 6) is 0. The van der Waals surface area contributed by atoms with Crippen LogP contribution < -0.4 is 0 Å². The molecule has 2 nitrogen and oxygen atoms in total. The Hall–Kier alpha value is -0.150. The topological polar surface area (TPSA) is 12.5 Å². The van der Waals surface area contributed by atoms with Crippen LogP contribution in [0.3, 0.4) is 0 Å². The fourth-order valence-corrected chi connectivity index (χ4v) is 1.49. The molecule has 1 fully saturated rings. The molecule has 0 saturated carbocycles. The highest BCUT2D eigenvalue weighted by Gasteiger charge is 2.19. The maximum Gasteiger partial charge on any atom is 0.117 e. The van der Waals surface area contributed by atoms with Crippen molar-refractivity contribution in [3.63, 3.8) is 0 Å². The van der Waals surface area contributed by atoms with E-state index in [-0.39, 0.29) is 12.8 Å². The first kappa shape index (κ1) is 9.93. The van der Waals surface area contributed by atoms with E-state index in [1.807, 2.05) is 0 Å². The van der Waals surface area contributed by atoms with E-state index in [4.69, 9.17) is 4.74 Å². The van der Waals surface area contributed by atoms with Gasteiger partial charge in [0.2, 0.25) is 0 Å². The van der Waals surface area contributed by atoms with Crippen LogP contribution in [-0.2, 0) is 4.74 Å². The molecule has 1 heterocycles. The number of alkyl halides is 1. The van der Waals surface area contributed by atoms with Gasteiger partial charge in [0.15, 0.2) is 0 Å². The number of nitrogens with zero attached hydrogens (tertiary/aromatic N) is 1. The minimum Gasteiger partial charge on any atom is -0.374 e. The predicted molar refractivity (Wildman–Crippen MR) is 47.0 cm³/mol. The van der Waals surface area contributed by atoms with Crippen LogP contribution in [0.2, 0.25) is 0 Å². The maximum atomic E-state index is 12.3. The van der Waals surface area contributed by atoms with Crippen LogP contribution in [-0.4, -0.2) is 43.4 Å². The van der Waals surface area contributed by atoms with Crippen LogP contribution in [0.25, 0.3) is 0 Å². The second-order valence-electron chi connectivity index (χ2n) is 3.59. The molecule has 0 aromatic heterocycles. The van der Waals surface area contributed by atoms with E-state index < -0.39 is 0 Å². The number of halogens is 1. The van der Waals surface area contributed by atoms with E-state index >= 15 is 0 Å². The van der Waals surface area contributed by atoms with Gasteiger partial charge < -0.3 is 4.74 Å². The fraction of sp³-hybridized carbons (Fsp3) is 1.00. The molecule has 0 N–H and O–H groups in total. The Morgan fingerprint density at radius 2 is 2.33 bits per heavy atom. The third kappa shape index (κ3) is 2.72. The summed E-state index contributed by atoms with van der Waals surface area (Å²) in [5.41, 5.74) is 0. The summed E-state index contributed by atoms with van der Waals surface area (Å²) in [6.45, 7) is 6.41. The van der Waals surface area contributed by atoms with Crippen LogP contribution in [0.1, 0.15) is 20.3 Å². The lowest BCUT2D eigenvalue weighted by Crippen LogP contribution is -2.37. The van der Waals surface area contributed by atoms with E-state index in [0.29, 0.717) is 12.6 Å². The summed E-state index contributed by atoms with van der Waals surface area (Å²) in [6, 6.07) is 0.501. The van der Waals surface area contributed by atoms with Crippen molar-refractivity contribution in [2.24, 2.45) is 0 Å². The second kappa shape index (κ2) is 4.77. The molecule has 1 rings (SSSR count). The van der Waals surface area contributed by atoms with Gasteiger partial charge in [-0.1, -0.05) is 0 Å². The summed E-state index contributed by atoms with van der Waals surface area (Å²) in [5, 5.41) is 0. The van der Waals surface area contributed by atoms with Gasteiger partial charge in [0.05, 0.1) is 6.10 Å². The molecule has 0 aliphatic carbocycles. The van der Waals surface area contributed by atoms with Crippen molar-refractivity contribution in [3.8, 4) is 0 Å². The largest absolute Gasteiger partial charge is 0.374 e. The molecule has 1 atom stereocenters. The number of hydrogen-bond donors (Lipinski definition) is 0. The second-order valence-corrected chi connectivity index (χ2v) is 3.59. The van der Waals surface area contributed by atoms with E-state index in [0.717, 1.165) is 19.5 Å². The first-order valence-electron chi connectivity index (χ1n) is 4.65. The van der Waals surface area contributed by atoms with Gasteiger partial charge in [0, 0.05) is 25.7 Å². The van der Waals surface area contributed by atoms with Gasteiger partial charge in [-0.05, 0) is 20.3 Å². The van der Waals surface area contributed by atoms with Crippen LogP contribution >= 0.6 is 0 Å². The van der Waals surface area contributed by atoms with E-state index in [9.17, 15) is 4.39 Å². The average molecular weight is 175 g/mol. The van der Waals surface area contributed by atoms with E-state index in [2.05, 4.69) is 18.7 Å². The molecule has 0 bridgehead atoms. The van der Waals surface area contributed by atoms with Crippen molar-refractivity contribution in [2.45, 2.75) is 32.4 Å². The van der Waals surface area contributed by atoms with E-state index in [1.54, 1.807) is 0 Å². The molecule has 1 aliphatic heterocycles. The van der Waals surface area contributed by atoms with Crippen molar-refractivity contribution in [1.82, 2.24) is 4.90 Å². The van der Waals surface area contributed by atoms with Crippen LogP contribution in [0.5, 0.6) is 0 Å². The Labute approximate surface area is 73.7 Å². The van der Waals surface area contributed by atoms with Crippen molar-refractivity contribution >= 4 is 0 Å². The van der Waals surface area contributed by atoms with Gasteiger partial charge in [-0.3, -0.25) is 4.90 Å². The Morgan fingerprint density at radius 3 is 2.92 bits per heavy atom. The lowest BCUT2D eigenvalue weighted by Gasteiger charge is -2.25. The molecule has 72 valence electrons. The highest BCUT2D eigenvalue weighted by atomic mass is 19.1. The first-order chi connectivity index (χ1) is 5.74. The molecule has 0 aromatic carbocycles. The van der Waals surface area contributed by atoms with Crippen molar-refractivity contribution < 1.29 is 9.13 Å². The molecule has 1 saturated heterocycles. The average Bonchev–Trinajstić information content (AvgIpc) is 2.28. The van der Waals surface area contributed by atoms with Gasteiger partial charge in [-0.25, -0.2) is 4.39 Å². The van der Waals surface area contributed by atoms with Crippen molar-refractivity contribution in [1.29, 1.82) is 0 Å². The van der Waals surface area contributed by atoms with Crippen LogP contribution in [0.15, 0.2) is 0 Å². The lowest BCUT2D eigenvalue weighted by molar-refractivity contribution is 0.0331. The molecule has 3 heteroatoms. The Kier molecular flexibility index (Phi) is 3.95. The van der Waals surface area contributed by atoms with Gasteiger partial charge >= 0.3 is 0 Å². The van der Waals surface area contributed by atoms with Gasteiger partial charge in [-0.15, -0.1) is 0 Å². The summed E-state index contributed by atoms with van der Waals surface area (Å²) < 4.78 is 17.7. The summed E-state index contributed by atoms with van der Waals surface area (Å²) >= 11 is 0. The fourth-order valence-electron chi connectivity index (χ4n) is 1.49. The standard InChI is InChI=1S/C9H18FNO/c1-8(2)11-4-3-5-12-9(6-10)7-11/h8-9H,3-7H2,1-2H3/t9-/m0/s1. The molecular formula is C9H18FNO. The quantitative estimate of drug-likeness (QED) is 0.630. The summed E-state index contributed by atoms with van der Waals surface area (Å²) in [7, 11) is 0. The molecule has 0 amide bonds. The number of ether oxygens (including phenoxy) is 1. The van der Waals surface area contributed by atoms with Gasteiger partial charge in [0.1, 0.15) is 6.67 Å². The zero-order valence-electron chi connectivity index (χ0n) is 7.92. The Balaban J connectivity index is 2.42. The SMILES string of the molecule is CC(C)N1CCCO[C@@H](CF)C1. The zero-order valence-corrected chi connectivity index (χ0v) is 7.92. The van der Waals surface area contributed by atoms with Crippen LogP contribution in [0, 0.1) is 0 Å². The monoisotopic (exact) mass is 175 g/mol. The minimum absolute atomic E-state index is 0.199. The maximum absolute atomic E-state index is 12.3. The smallest absolute Gasteiger partial charge is 0.117 e. The molecular weight excluding hydrogens is 157 g/mol. The van der Waals surface area contributed by atoms with Gasteiger partial charge in [0.25, 0.3) is 0 Å².